The topological polar surface area (TPSA) is 98.5 Å². The maximum atomic E-state index is 11.3. The minimum atomic E-state index is -0.975. The molecule has 0 saturated heterocycles. The number of esters is 1. The van der Waals surface area contributed by atoms with Gasteiger partial charge in [0.05, 0.1) is 6.61 Å². The predicted octanol–water partition coefficient (Wildman–Crippen LogP) is 0.287. The van der Waals surface area contributed by atoms with Crippen LogP contribution in [0.4, 0.5) is 5.69 Å². The molecule has 0 spiro atoms. The van der Waals surface area contributed by atoms with Gasteiger partial charge < -0.3 is 15.8 Å². The molecule has 0 aliphatic carbocycles. The number of rotatable bonds is 3. The third-order valence-electron chi connectivity index (χ3n) is 1.87. The number of ether oxygens (including phenoxy) is 1. The Labute approximate surface area is 97.7 Å². The van der Waals surface area contributed by atoms with Gasteiger partial charge in [0.1, 0.15) is 0 Å². The summed E-state index contributed by atoms with van der Waals surface area (Å²) < 4.78 is 4.51. The van der Waals surface area contributed by atoms with E-state index in [2.05, 4.69) is 10.1 Å². The van der Waals surface area contributed by atoms with Crippen LogP contribution in [0.25, 0.3) is 0 Å². The van der Waals surface area contributed by atoms with Crippen LogP contribution < -0.4 is 11.1 Å². The first-order chi connectivity index (χ1) is 8.04. The average molecular weight is 236 g/mol. The number of carbonyl (C=O) groups excluding carboxylic acids is 3. The maximum Gasteiger partial charge on any atom is 0.397 e. The van der Waals surface area contributed by atoms with Crippen LogP contribution in [0.1, 0.15) is 17.3 Å². The molecule has 0 saturated carbocycles. The molecule has 17 heavy (non-hydrogen) atoms. The second kappa shape index (κ2) is 5.64. The normalized spacial score (nSPS) is 9.47. The van der Waals surface area contributed by atoms with Crippen LogP contribution >= 0.6 is 0 Å². The molecule has 0 aliphatic rings. The monoisotopic (exact) mass is 236 g/mol. The number of hydrogen-bond donors (Lipinski definition) is 2. The number of nitrogens with two attached hydrogens (primary N) is 1. The molecule has 0 atom stereocenters. The van der Waals surface area contributed by atoms with Crippen LogP contribution in [0.3, 0.4) is 0 Å². The molecule has 6 heteroatoms. The zero-order chi connectivity index (χ0) is 12.8. The van der Waals surface area contributed by atoms with Crippen molar-refractivity contribution in [1.82, 2.24) is 0 Å². The number of hydrogen-bond acceptors (Lipinski definition) is 4. The Hall–Kier alpha value is -2.37. The molecule has 3 N–H and O–H groups in total. The summed E-state index contributed by atoms with van der Waals surface area (Å²) in [5.41, 5.74) is 5.62. The number of primary amides is 1. The van der Waals surface area contributed by atoms with Gasteiger partial charge in [-0.05, 0) is 25.1 Å². The summed E-state index contributed by atoms with van der Waals surface area (Å²) in [6.45, 7) is 1.71. The summed E-state index contributed by atoms with van der Waals surface area (Å²) in [5, 5.41) is 2.30. The average Bonchev–Trinajstić information content (AvgIpc) is 2.29. The van der Waals surface area contributed by atoms with E-state index in [1.807, 2.05) is 0 Å². The van der Waals surface area contributed by atoms with Crippen LogP contribution in [0.5, 0.6) is 0 Å². The number of anilines is 1. The largest absolute Gasteiger partial charge is 0.459 e. The maximum absolute atomic E-state index is 11.3. The van der Waals surface area contributed by atoms with Crippen molar-refractivity contribution < 1.29 is 19.1 Å². The third kappa shape index (κ3) is 3.60. The Morgan fingerprint density at radius 3 is 2.65 bits per heavy atom. The fourth-order valence-electron chi connectivity index (χ4n) is 1.13. The fraction of sp³-hybridized carbons (Fsp3) is 0.182. The van der Waals surface area contributed by atoms with E-state index in [1.54, 1.807) is 13.0 Å². The van der Waals surface area contributed by atoms with Crippen LogP contribution in [-0.4, -0.2) is 24.4 Å². The molecule has 0 aliphatic heterocycles. The van der Waals surface area contributed by atoms with Crippen molar-refractivity contribution in [3.8, 4) is 0 Å². The van der Waals surface area contributed by atoms with E-state index < -0.39 is 17.8 Å². The lowest BCUT2D eigenvalue weighted by Gasteiger charge is -2.05. The highest BCUT2D eigenvalue weighted by Gasteiger charge is 2.14. The van der Waals surface area contributed by atoms with Gasteiger partial charge in [-0.3, -0.25) is 9.59 Å². The van der Waals surface area contributed by atoms with Crippen molar-refractivity contribution in [3.05, 3.63) is 29.8 Å². The quantitative estimate of drug-likeness (QED) is 0.582. The molecule has 0 unspecified atom stereocenters. The summed E-state index contributed by atoms with van der Waals surface area (Å²) in [6, 6.07) is 5.95. The predicted molar refractivity (Wildman–Crippen MR) is 60.2 cm³/mol. The van der Waals surface area contributed by atoms with Crippen molar-refractivity contribution in [1.29, 1.82) is 0 Å². The lowest BCUT2D eigenvalue weighted by atomic mass is 10.2. The van der Waals surface area contributed by atoms with E-state index in [1.165, 1.54) is 18.2 Å². The second-order valence-electron chi connectivity index (χ2n) is 3.12. The van der Waals surface area contributed by atoms with Gasteiger partial charge in [-0.2, -0.15) is 0 Å². The smallest absolute Gasteiger partial charge is 0.397 e. The first-order valence-corrected chi connectivity index (χ1v) is 4.92. The van der Waals surface area contributed by atoms with Crippen LogP contribution in [0.15, 0.2) is 24.3 Å². The van der Waals surface area contributed by atoms with Gasteiger partial charge in [-0.25, -0.2) is 4.79 Å². The van der Waals surface area contributed by atoms with Crippen LogP contribution in [0.2, 0.25) is 0 Å². The zero-order valence-electron chi connectivity index (χ0n) is 9.23. The Morgan fingerprint density at radius 1 is 1.35 bits per heavy atom. The molecule has 2 amide bonds. The summed E-state index contributed by atoms with van der Waals surface area (Å²) in [6.07, 6.45) is 0. The zero-order valence-corrected chi connectivity index (χ0v) is 9.23. The molecule has 1 rings (SSSR count). The van der Waals surface area contributed by atoms with Gasteiger partial charge in [-0.1, -0.05) is 6.07 Å². The van der Waals surface area contributed by atoms with Crippen molar-refractivity contribution >= 4 is 23.5 Å². The molecule has 0 bridgehead atoms. The highest BCUT2D eigenvalue weighted by Crippen LogP contribution is 2.10. The highest BCUT2D eigenvalue weighted by molar-refractivity contribution is 6.37. The summed E-state index contributed by atoms with van der Waals surface area (Å²) in [4.78, 5) is 33.2. The molecule has 0 radical (unpaired) electrons. The van der Waals surface area contributed by atoms with E-state index in [0.717, 1.165) is 0 Å². The number of amides is 2. The minimum Gasteiger partial charge on any atom is -0.459 e. The summed E-state index contributed by atoms with van der Waals surface area (Å²) in [5.74, 6) is -2.48. The van der Waals surface area contributed by atoms with Crippen LogP contribution in [0, 0.1) is 0 Å². The fourth-order valence-corrected chi connectivity index (χ4v) is 1.13. The lowest BCUT2D eigenvalue weighted by Crippen LogP contribution is -2.25. The van der Waals surface area contributed by atoms with Gasteiger partial charge in [-0.15, -0.1) is 0 Å². The molecule has 90 valence electrons. The number of benzene rings is 1. The van der Waals surface area contributed by atoms with E-state index >= 15 is 0 Å². The van der Waals surface area contributed by atoms with Crippen molar-refractivity contribution in [2.24, 2.45) is 5.73 Å². The van der Waals surface area contributed by atoms with Gasteiger partial charge >= 0.3 is 11.9 Å². The summed E-state index contributed by atoms with van der Waals surface area (Å²) >= 11 is 0. The molecule has 1 aromatic rings. The van der Waals surface area contributed by atoms with Crippen molar-refractivity contribution in [2.75, 3.05) is 11.9 Å². The van der Waals surface area contributed by atoms with Crippen molar-refractivity contribution in [3.63, 3.8) is 0 Å². The lowest BCUT2D eigenvalue weighted by molar-refractivity contribution is -0.152. The standard InChI is InChI=1S/C11H12N2O4/c1-2-17-11(16)10(15)13-8-5-3-4-7(6-8)9(12)14/h3-6H,2H2,1H3,(H2,12,14)(H,13,15). The molecule has 0 fully saturated rings. The SMILES string of the molecule is CCOC(=O)C(=O)Nc1cccc(C(N)=O)c1. The Balaban J connectivity index is 2.75. The highest BCUT2D eigenvalue weighted by atomic mass is 16.5. The van der Waals surface area contributed by atoms with E-state index in [9.17, 15) is 14.4 Å². The van der Waals surface area contributed by atoms with E-state index in [0.29, 0.717) is 5.69 Å². The van der Waals surface area contributed by atoms with Gasteiger partial charge in [0.25, 0.3) is 0 Å². The Bertz CT molecular complexity index is 457. The van der Waals surface area contributed by atoms with E-state index in [-0.39, 0.29) is 12.2 Å². The second-order valence-corrected chi connectivity index (χ2v) is 3.12. The minimum absolute atomic E-state index is 0.119. The third-order valence-corrected chi connectivity index (χ3v) is 1.87. The molecule has 0 aromatic heterocycles. The van der Waals surface area contributed by atoms with Gasteiger partial charge in [0.15, 0.2) is 0 Å². The molecule has 1 aromatic carbocycles. The molecular formula is C11H12N2O4. The molecule has 0 heterocycles. The molecule has 6 nitrogen and oxygen atoms in total. The van der Waals surface area contributed by atoms with Crippen LogP contribution in [-0.2, 0) is 14.3 Å². The first-order valence-electron chi connectivity index (χ1n) is 4.92. The van der Waals surface area contributed by atoms with Crippen molar-refractivity contribution in [2.45, 2.75) is 6.92 Å². The summed E-state index contributed by atoms with van der Waals surface area (Å²) in [7, 11) is 0. The Kier molecular flexibility index (Phi) is 4.21. The molecular weight excluding hydrogens is 224 g/mol. The number of nitrogens with one attached hydrogen (secondary N) is 1. The van der Waals surface area contributed by atoms with Gasteiger partial charge in [0.2, 0.25) is 5.91 Å². The number of carbonyl (C=O) groups is 3. The Morgan fingerprint density at radius 2 is 2.06 bits per heavy atom. The van der Waals surface area contributed by atoms with E-state index in [4.69, 9.17) is 5.73 Å². The first kappa shape index (κ1) is 12.7. The van der Waals surface area contributed by atoms with Gasteiger partial charge in [0, 0.05) is 11.3 Å².